The second kappa shape index (κ2) is 3.44. The Bertz CT molecular complexity index is 581. The molecule has 0 aromatic heterocycles. The van der Waals surface area contributed by atoms with Crippen LogP contribution in [0.25, 0.3) is 10.8 Å². The van der Waals surface area contributed by atoms with Crippen LogP contribution in [0, 0.1) is 0 Å². The molecule has 2 aromatic rings. The topological polar surface area (TPSA) is 17.1 Å². The molecule has 2 aromatic carbocycles. The Kier molecular flexibility index (Phi) is 2.06. The molecule has 0 heterocycles. The maximum absolute atomic E-state index is 11.9. The molecule has 80 valence electrons. The molecule has 1 heteroatoms. The first kappa shape index (κ1) is 9.59. The van der Waals surface area contributed by atoms with Crippen LogP contribution in [0.4, 0.5) is 0 Å². The van der Waals surface area contributed by atoms with Gasteiger partial charge >= 0.3 is 0 Å². The third-order valence-electron chi connectivity index (χ3n) is 3.53. The normalized spacial score (nSPS) is 14.4. The van der Waals surface area contributed by atoms with Gasteiger partial charge in [0.2, 0.25) is 0 Å². The lowest BCUT2D eigenvalue weighted by atomic mass is 9.84. The predicted octanol–water partition coefficient (Wildman–Crippen LogP) is 3.53. The zero-order valence-corrected chi connectivity index (χ0v) is 9.42. The van der Waals surface area contributed by atoms with E-state index in [1.54, 1.807) is 0 Å². The van der Waals surface area contributed by atoms with Crippen LogP contribution in [0.1, 0.15) is 34.8 Å². The molecule has 0 aliphatic heterocycles. The Labute approximate surface area is 95.1 Å². The van der Waals surface area contributed by atoms with Crippen molar-refractivity contribution in [2.24, 2.45) is 0 Å². The number of carbonyl (C=O) groups is 1. The number of rotatable bonds is 1. The zero-order chi connectivity index (χ0) is 11.1. The van der Waals surface area contributed by atoms with Gasteiger partial charge in [0.05, 0.1) is 0 Å². The van der Waals surface area contributed by atoms with Crippen LogP contribution in [0.5, 0.6) is 0 Å². The van der Waals surface area contributed by atoms with E-state index in [0.717, 1.165) is 18.4 Å². The van der Waals surface area contributed by atoms with Gasteiger partial charge in [-0.25, -0.2) is 0 Å². The summed E-state index contributed by atoms with van der Waals surface area (Å²) in [6.07, 6.45) is 2.63. The number of carbonyl (C=O) groups excluding carboxylic acids is 1. The second-order valence-electron chi connectivity index (χ2n) is 4.38. The monoisotopic (exact) mass is 210 g/mol. The molecule has 1 aliphatic carbocycles. The molecule has 0 spiro atoms. The Morgan fingerprint density at radius 2 is 2.00 bits per heavy atom. The maximum Gasteiger partial charge on any atom is 0.163 e. The van der Waals surface area contributed by atoms with Gasteiger partial charge in [0.1, 0.15) is 0 Å². The summed E-state index contributed by atoms with van der Waals surface area (Å²) in [4.78, 5) is 11.9. The summed E-state index contributed by atoms with van der Waals surface area (Å²) < 4.78 is 0. The highest BCUT2D eigenvalue weighted by molar-refractivity contribution is 6.11. The summed E-state index contributed by atoms with van der Waals surface area (Å²) in [5.41, 5.74) is 3.72. The van der Waals surface area contributed by atoms with E-state index in [1.165, 1.54) is 21.9 Å². The Morgan fingerprint density at radius 3 is 2.81 bits per heavy atom. The lowest BCUT2D eigenvalue weighted by molar-refractivity contribution is 0.0982. The molecular formula is C15H14O. The van der Waals surface area contributed by atoms with Gasteiger partial charge in [0.15, 0.2) is 5.78 Å². The van der Waals surface area contributed by atoms with Crippen LogP contribution in [0.3, 0.4) is 0 Å². The Morgan fingerprint density at radius 1 is 1.12 bits per heavy atom. The lowest BCUT2D eigenvalue weighted by Crippen LogP contribution is -2.11. The van der Waals surface area contributed by atoms with E-state index in [9.17, 15) is 4.79 Å². The largest absolute Gasteiger partial charge is 0.294 e. The van der Waals surface area contributed by atoms with Crippen LogP contribution in [0.15, 0.2) is 30.3 Å². The van der Waals surface area contributed by atoms with E-state index < -0.39 is 0 Å². The average molecular weight is 210 g/mol. The van der Waals surface area contributed by atoms with Gasteiger partial charge in [-0.15, -0.1) is 0 Å². The molecule has 1 nitrogen and oxygen atoms in total. The van der Waals surface area contributed by atoms with Gasteiger partial charge in [-0.1, -0.05) is 37.3 Å². The first-order chi connectivity index (χ1) is 7.81. The molecule has 16 heavy (non-hydrogen) atoms. The summed E-state index contributed by atoms with van der Waals surface area (Å²) in [6.45, 7) is 2.18. The van der Waals surface area contributed by atoms with Crippen molar-refractivity contribution in [1.29, 1.82) is 0 Å². The van der Waals surface area contributed by atoms with E-state index in [-0.39, 0.29) is 0 Å². The molecule has 0 amide bonds. The molecule has 0 fully saturated rings. The predicted molar refractivity (Wildman–Crippen MR) is 66.0 cm³/mol. The standard InChI is InChI=1S/C15H14O/c1-2-10-6-7-11-4-3-5-13-14(16)9-8-12(10)15(11)13/h3-7H,2,8-9H2,1H3. The molecule has 0 unspecified atom stereocenters. The summed E-state index contributed by atoms with van der Waals surface area (Å²) in [5.74, 6) is 0.298. The van der Waals surface area contributed by atoms with Gasteiger partial charge in [0.25, 0.3) is 0 Å². The third-order valence-corrected chi connectivity index (χ3v) is 3.53. The van der Waals surface area contributed by atoms with E-state index in [4.69, 9.17) is 0 Å². The molecular weight excluding hydrogens is 196 g/mol. The fraction of sp³-hybridized carbons (Fsp3) is 0.267. The highest BCUT2D eigenvalue weighted by Crippen LogP contribution is 2.32. The Hall–Kier alpha value is -1.63. The number of aryl methyl sites for hydroxylation is 2. The van der Waals surface area contributed by atoms with E-state index >= 15 is 0 Å². The Balaban J connectivity index is 2.46. The van der Waals surface area contributed by atoms with Crippen LogP contribution >= 0.6 is 0 Å². The van der Waals surface area contributed by atoms with Crippen molar-refractivity contribution in [3.05, 3.63) is 47.0 Å². The molecule has 3 rings (SSSR count). The molecule has 0 saturated carbocycles. The average Bonchev–Trinajstić information content (AvgIpc) is 2.34. The van der Waals surface area contributed by atoms with Gasteiger partial charge in [-0.3, -0.25) is 4.79 Å². The SMILES string of the molecule is CCc1ccc2cccc3c2c1CCC3=O. The summed E-state index contributed by atoms with van der Waals surface area (Å²) in [5, 5.41) is 2.41. The van der Waals surface area contributed by atoms with E-state index in [2.05, 4.69) is 25.1 Å². The summed E-state index contributed by atoms with van der Waals surface area (Å²) >= 11 is 0. The van der Waals surface area contributed by atoms with Crippen molar-refractivity contribution in [3.8, 4) is 0 Å². The summed E-state index contributed by atoms with van der Waals surface area (Å²) in [6, 6.07) is 10.4. The van der Waals surface area contributed by atoms with Crippen LogP contribution in [0.2, 0.25) is 0 Å². The van der Waals surface area contributed by atoms with Gasteiger partial charge in [0, 0.05) is 12.0 Å². The molecule has 0 atom stereocenters. The molecule has 0 saturated heterocycles. The fourth-order valence-corrected chi connectivity index (χ4v) is 2.72. The number of hydrogen-bond acceptors (Lipinski definition) is 1. The van der Waals surface area contributed by atoms with Crippen LogP contribution in [-0.4, -0.2) is 5.78 Å². The maximum atomic E-state index is 11.9. The van der Waals surface area contributed by atoms with Crippen LogP contribution < -0.4 is 0 Å². The number of benzene rings is 2. The van der Waals surface area contributed by atoms with Crippen molar-refractivity contribution < 1.29 is 4.79 Å². The minimum atomic E-state index is 0.298. The van der Waals surface area contributed by atoms with Crippen molar-refractivity contribution >= 4 is 16.6 Å². The summed E-state index contributed by atoms with van der Waals surface area (Å²) in [7, 11) is 0. The molecule has 1 aliphatic rings. The zero-order valence-electron chi connectivity index (χ0n) is 9.42. The quantitative estimate of drug-likeness (QED) is 0.703. The third kappa shape index (κ3) is 1.21. The van der Waals surface area contributed by atoms with Crippen molar-refractivity contribution in [2.75, 3.05) is 0 Å². The van der Waals surface area contributed by atoms with Crippen molar-refractivity contribution in [2.45, 2.75) is 26.2 Å². The second-order valence-corrected chi connectivity index (χ2v) is 4.38. The van der Waals surface area contributed by atoms with Gasteiger partial charge in [-0.05, 0) is 34.7 Å². The first-order valence-corrected chi connectivity index (χ1v) is 5.88. The smallest absolute Gasteiger partial charge is 0.163 e. The minimum absolute atomic E-state index is 0.298. The van der Waals surface area contributed by atoms with Gasteiger partial charge < -0.3 is 0 Å². The fourth-order valence-electron chi connectivity index (χ4n) is 2.72. The first-order valence-electron chi connectivity index (χ1n) is 5.88. The minimum Gasteiger partial charge on any atom is -0.294 e. The van der Waals surface area contributed by atoms with Crippen molar-refractivity contribution in [3.63, 3.8) is 0 Å². The molecule has 0 N–H and O–H groups in total. The number of hydrogen-bond donors (Lipinski definition) is 0. The lowest BCUT2D eigenvalue weighted by Gasteiger charge is -2.19. The number of ketones is 1. The van der Waals surface area contributed by atoms with Gasteiger partial charge in [-0.2, -0.15) is 0 Å². The highest BCUT2D eigenvalue weighted by Gasteiger charge is 2.20. The molecule has 0 radical (unpaired) electrons. The van der Waals surface area contributed by atoms with E-state index in [1.807, 2.05) is 12.1 Å². The van der Waals surface area contributed by atoms with E-state index in [0.29, 0.717) is 12.2 Å². The van der Waals surface area contributed by atoms with Crippen LogP contribution in [-0.2, 0) is 12.8 Å². The molecule has 0 bridgehead atoms. The van der Waals surface area contributed by atoms with Crippen molar-refractivity contribution in [1.82, 2.24) is 0 Å². The number of Topliss-reactive ketones (excluding diaryl/α,β-unsaturated/α-hetero) is 1. The highest BCUT2D eigenvalue weighted by atomic mass is 16.1.